The number of aromatic amines is 2. The summed E-state index contributed by atoms with van der Waals surface area (Å²) in [7, 11) is 1.61. The number of carboxylic acid groups (broad SMARTS) is 1. The van der Waals surface area contributed by atoms with Crippen LogP contribution >= 0.6 is 0 Å². The van der Waals surface area contributed by atoms with E-state index < -0.39 is 6.09 Å². The molecule has 2 heterocycles. The lowest BCUT2D eigenvalue weighted by atomic mass is 9.97. The average Bonchev–Trinajstić information content (AvgIpc) is 3.21. The fraction of sp³-hybridized carbons (Fsp3) is 0.0833. The third-order valence-electron chi connectivity index (χ3n) is 5.45. The topological polar surface area (TPSA) is 133 Å². The van der Waals surface area contributed by atoms with Gasteiger partial charge in [0.15, 0.2) is 0 Å². The standard InChI is InChI=1S/C24H19N5O4/c1-33-21-14(12-19-16-6-2-3-7-17(16)22(30)29-28-19)5-4-8-15(21)13-9-10-18-20(11-13)26-23(25-18)27-24(31)32/h2-11H,12H2,1H3,(H,29,30)(H,31,32)(H2,25,26,27). The fourth-order valence-corrected chi connectivity index (χ4v) is 4.01. The smallest absolute Gasteiger partial charge is 0.411 e. The Morgan fingerprint density at radius 1 is 1.09 bits per heavy atom. The van der Waals surface area contributed by atoms with Crippen molar-refractivity contribution in [3.05, 3.63) is 82.3 Å². The molecule has 0 fully saturated rings. The number of hydrogen-bond donors (Lipinski definition) is 4. The van der Waals surface area contributed by atoms with Crippen LogP contribution in [-0.4, -0.2) is 38.5 Å². The van der Waals surface area contributed by atoms with E-state index in [1.54, 1.807) is 13.2 Å². The molecule has 2 aromatic heterocycles. The second-order valence-electron chi connectivity index (χ2n) is 7.47. The highest BCUT2D eigenvalue weighted by molar-refractivity contribution is 5.88. The van der Waals surface area contributed by atoms with Crippen molar-refractivity contribution >= 4 is 33.8 Å². The van der Waals surface area contributed by atoms with Gasteiger partial charge in [-0.2, -0.15) is 5.10 Å². The molecule has 3 aromatic carbocycles. The van der Waals surface area contributed by atoms with Gasteiger partial charge in [0.05, 0.1) is 29.2 Å². The predicted molar refractivity (Wildman–Crippen MR) is 125 cm³/mol. The number of nitrogens with zero attached hydrogens (tertiary/aromatic N) is 2. The number of hydrogen-bond acceptors (Lipinski definition) is 5. The van der Waals surface area contributed by atoms with Crippen molar-refractivity contribution < 1.29 is 14.6 Å². The Morgan fingerprint density at radius 2 is 1.91 bits per heavy atom. The van der Waals surface area contributed by atoms with Crippen LogP contribution in [0.2, 0.25) is 0 Å². The highest BCUT2D eigenvalue weighted by Gasteiger charge is 2.15. The highest BCUT2D eigenvalue weighted by Crippen LogP contribution is 2.36. The van der Waals surface area contributed by atoms with Crippen LogP contribution in [0.1, 0.15) is 11.3 Å². The summed E-state index contributed by atoms with van der Waals surface area (Å²) in [6.07, 6.45) is -0.724. The van der Waals surface area contributed by atoms with Gasteiger partial charge in [0.2, 0.25) is 5.95 Å². The molecule has 1 amide bonds. The van der Waals surface area contributed by atoms with Crippen LogP contribution < -0.4 is 15.6 Å². The normalized spacial score (nSPS) is 11.1. The number of anilines is 1. The molecular formula is C24H19N5O4. The largest absolute Gasteiger partial charge is 0.496 e. The minimum atomic E-state index is -1.19. The van der Waals surface area contributed by atoms with Crippen LogP contribution in [0.5, 0.6) is 5.75 Å². The van der Waals surface area contributed by atoms with E-state index in [-0.39, 0.29) is 11.5 Å². The van der Waals surface area contributed by atoms with Gasteiger partial charge in [-0.25, -0.2) is 14.9 Å². The third-order valence-corrected chi connectivity index (χ3v) is 5.45. The Hall–Kier alpha value is -4.66. The zero-order valence-corrected chi connectivity index (χ0v) is 17.5. The number of aromatic nitrogens is 4. The first-order chi connectivity index (χ1) is 16.0. The molecule has 0 bridgehead atoms. The molecule has 0 spiro atoms. The Morgan fingerprint density at radius 3 is 2.70 bits per heavy atom. The number of nitrogens with one attached hydrogen (secondary N) is 3. The zero-order chi connectivity index (χ0) is 22.9. The molecule has 0 atom stereocenters. The van der Waals surface area contributed by atoms with Gasteiger partial charge >= 0.3 is 6.09 Å². The molecule has 0 aliphatic carbocycles. The molecule has 0 radical (unpaired) electrons. The Balaban J connectivity index is 1.57. The monoisotopic (exact) mass is 441 g/mol. The average molecular weight is 441 g/mol. The van der Waals surface area contributed by atoms with Gasteiger partial charge in [0.1, 0.15) is 5.75 Å². The molecule has 0 aliphatic rings. The van der Waals surface area contributed by atoms with E-state index in [0.29, 0.717) is 28.6 Å². The van der Waals surface area contributed by atoms with Gasteiger partial charge in [-0.05, 0) is 23.8 Å². The molecule has 0 saturated carbocycles. The molecule has 5 aromatic rings. The first-order valence-electron chi connectivity index (χ1n) is 10.2. The number of methoxy groups -OCH3 is 1. The molecule has 9 nitrogen and oxygen atoms in total. The van der Waals surface area contributed by atoms with Crippen molar-refractivity contribution in [1.82, 2.24) is 20.2 Å². The van der Waals surface area contributed by atoms with E-state index in [1.165, 1.54) is 0 Å². The maximum atomic E-state index is 12.1. The van der Waals surface area contributed by atoms with Gasteiger partial charge in [-0.15, -0.1) is 0 Å². The van der Waals surface area contributed by atoms with Crippen LogP contribution in [-0.2, 0) is 6.42 Å². The van der Waals surface area contributed by atoms with E-state index in [0.717, 1.165) is 27.8 Å². The van der Waals surface area contributed by atoms with Gasteiger partial charge in [-0.3, -0.25) is 10.1 Å². The summed E-state index contributed by atoms with van der Waals surface area (Å²) in [5.74, 6) is 0.847. The molecule has 0 aliphatic heterocycles. The Kier molecular flexibility index (Phi) is 4.98. The molecule has 0 saturated heterocycles. The van der Waals surface area contributed by atoms with Gasteiger partial charge in [0.25, 0.3) is 5.56 Å². The first-order valence-corrected chi connectivity index (χ1v) is 10.2. The van der Waals surface area contributed by atoms with Gasteiger partial charge in [-0.1, -0.05) is 42.5 Å². The lowest BCUT2D eigenvalue weighted by Gasteiger charge is -2.14. The second-order valence-corrected chi connectivity index (χ2v) is 7.47. The lowest BCUT2D eigenvalue weighted by Crippen LogP contribution is -2.11. The van der Waals surface area contributed by atoms with Crippen molar-refractivity contribution in [3.63, 3.8) is 0 Å². The number of para-hydroxylation sites is 1. The molecule has 164 valence electrons. The second kappa shape index (κ2) is 8.12. The fourth-order valence-electron chi connectivity index (χ4n) is 4.01. The molecule has 4 N–H and O–H groups in total. The zero-order valence-electron chi connectivity index (χ0n) is 17.5. The number of ether oxygens (including phenoxy) is 1. The van der Waals surface area contributed by atoms with Gasteiger partial charge in [0, 0.05) is 22.9 Å². The van der Waals surface area contributed by atoms with E-state index in [4.69, 9.17) is 9.84 Å². The summed E-state index contributed by atoms with van der Waals surface area (Å²) < 4.78 is 5.79. The van der Waals surface area contributed by atoms with Crippen LogP contribution in [0, 0.1) is 0 Å². The third kappa shape index (κ3) is 3.76. The molecule has 33 heavy (non-hydrogen) atoms. The lowest BCUT2D eigenvalue weighted by molar-refractivity contribution is 0.209. The number of carbonyl (C=O) groups is 1. The van der Waals surface area contributed by atoms with Crippen molar-refractivity contribution in [1.29, 1.82) is 0 Å². The number of imidazole rings is 1. The summed E-state index contributed by atoms with van der Waals surface area (Å²) in [6, 6.07) is 18.8. The predicted octanol–water partition coefficient (Wildman–Crippen LogP) is 4.16. The van der Waals surface area contributed by atoms with E-state index in [1.807, 2.05) is 54.6 Å². The maximum Gasteiger partial charge on any atom is 0.411 e. The van der Waals surface area contributed by atoms with Crippen LogP contribution in [0.25, 0.3) is 32.9 Å². The van der Waals surface area contributed by atoms with Crippen molar-refractivity contribution in [2.45, 2.75) is 6.42 Å². The van der Waals surface area contributed by atoms with E-state index in [9.17, 15) is 9.59 Å². The summed E-state index contributed by atoms with van der Waals surface area (Å²) in [6.45, 7) is 0. The number of rotatable bonds is 5. The summed E-state index contributed by atoms with van der Waals surface area (Å²) in [5.41, 5.74) is 4.50. The minimum Gasteiger partial charge on any atom is -0.496 e. The van der Waals surface area contributed by atoms with Crippen molar-refractivity contribution in [3.8, 4) is 16.9 Å². The van der Waals surface area contributed by atoms with E-state index in [2.05, 4.69) is 25.5 Å². The van der Waals surface area contributed by atoms with Crippen LogP contribution in [0.3, 0.4) is 0 Å². The van der Waals surface area contributed by atoms with Crippen molar-refractivity contribution in [2.24, 2.45) is 0 Å². The molecule has 9 heteroatoms. The minimum absolute atomic E-state index is 0.159. The molecule has 0 unspecified atom stereocenters. The SMILES string of the molecule is COc1c(Cc2n[nH]c(=O)c3ccccc23)cccc1-c1ccc2[nH]c(NC(=O)O)nc2c1. The number of benzene rings is 3. The maximum absolute atomic E-state index is 12.1. The highest BCUT2D eigenvalue weighted by atomic mass is 16.5. The Bertz CT molecular complexity index is 1570. The summed E-state index contributed by atoms with van der Waals surface area (Å²) >= 11 is 0. The Labute approximate surface area is 187 Å². The summed E-state index contributed by atoms with van der Waals surface area (Å²) in [4.78, 5) is 30.2. The van der Waals surface area contributed by atoms with Crippen LogP contribution in [0.15, 0.2) is 65.5 Å². The van der Waals surface area contributed by atoms with E-state index >= 15 is 0 Å². The quantitative estimate of drug-likeness (QED) is 0.324. The first kappa shape index (κ1) is 20.3. The van der Waals surface area contributed by atoms with Crippen LogP contribution in [0.4, 0.5) is 10.7 Å². The molecule has 5 rings (SSSR count). The van der Waals surface area contributed by atoms with Gasteiger partial charge < -0.3 is 14.8 Å². The number of H-pyrrole nitrogens is 2. The molecular weight excluding hydrogens is 422 g/mol. The van der Waals surface area contributed by atoms with Crippen molar-refractivity contribution in [2.75, 3.05) is 12.4 Å². The summed E-state index contributed by atoms with van der Waals surface area (Å²) in [5, 5.41) is 19.4. The number of amides is 1. The number of fused-ring (bicyclic) bond motifs is 2.